The lowest BCUT2D eigenvalue weighted by atomic mass is 10.3. The van der Waals surface area contributed by atoms with Crippen molar-refractivity contribution in [3.63, 3.8) is 0 Å². The molecule has 0 unspecified atom stereocenters. The van der Waals surface area contributed by atoms with Gasteiger partial charge in [-0.15, -0.1) is 0 Å². The second-order valence-corrected chi connectivity index (χ2v) is 2.57. The van der Waals surface area contributed by atoms with Gasteiger partial charge in [-0.1, -0.05) is 11.6 Å². The number of nitrogens with two attached hydrogens (primary N) is 1. The Morgan fingerprint density at radius 2 is 2.25 bits per heavy atom. The minimum Gasteiger partial charge on any atom is -0.465 e. The molecule has 0 aliphatic heterocycles. The molecule has 0 saturated heterocycles. The molecule has 1 aromatic rings. The molecule has 0 spiro atoms. The molecule has 1 rings (SSSR count). The third-order valence-corrected chi connectivity index (χ3v) is 1.58. The van der Waals surface area contributed by atoms with Crippen LogP contribution in [0.5, 0.6) is 0 Å². The summed E-state index contributed by atoms with van der Waals surface area (Å²) < 4.78 is 0. The number of halogens is 1. The van der Waals surface area contributed by atoms with Gasteiger partial charge in [-0.25, -0.2) is 4.79 Å². The Morgan fingerprint density at radius 1 is 1.58 bits per heavy atom. The number of hydrogen-bond acceptors (Lipinski definition) is 2. The number of hydrogen-bond donors (Lipinski definition) is 3. The summed E-state index contributed by atoms with van der Waals surface area (Å²) in [6.45, 7) is 0. The van der Waals surface area contributed by atoms with Gasteiger partial charge in [-0.05, 0) is 18.2 Å². The van der Waals surface area contributed by atoms with E-state index in [0.717, 1.165) is 0 Å². The number of amides is 1. The summed E-state index contributed by atoms with van der Waals surface area (Å²) in [7, 11) is 0. The van der Waals surface area contributed by atoms with Gasteiger partial charge in [-0.3, -0.25) is 5.32 Å². The molecule has 5 heteroatoms. The van der Waals surface area contributed by atoms with Crippen LogP contribution in [0.25, 0.3) is 0 Å². The lowest BCUT2D eigenvalue weighted by Gasteiger charge is -2.02. The summed E-state index contributed by atoms with van der Waals surface area (Å²) >= 11 is 5.64. The topological polar surface area (TPSA) is 75.3 Å². The summed E-state index contributed by atoms with van der Waals surface area (Å²) in [4.78, 5) is 10.2. The molecule has 0 aromatic heterocycles. The Balaban J connectivity index is 2.89. The Morgan fingerprint density at radius 3 is 2.75 bits per heavy atom. The minimum atomic E-state index is -1.13. The van der Waals surface area contributed by atoms with Gasteiger partial charge in [0, 0.05) is 5.69 Å². The molecule has 1 amide bonds. The maximum absolute atomic E-state index is 10.2. The molecule has 0 bridgehead atoms. The highest BCUT2D eigenvalue weighted by molar-refractivity contribution is 6.33. The molecule has 0 radical (unpaired) electrons. The first-order chi connectivity index (χ1) is 5.59. The van der Waals surface area contributed by atoms with Gasteiger partial charge in [0.15, 0.2) is 0 Å². The number of nitrogen functional groups attached to an aromatic ring is 1. The van der Waals surface area contributed by atoms with Crippen molar-refractivity contribution in [3.05, 3.63) is 23.2 Å². The van der Waals surface area contributed by atoms with E-state index in [1.54, 1.807) is 0 Å². The van der Waals surface area contributed by atoms with Crippen molar-refractivity contribution in [2.75, 3.05) is 11.1 Å². The third kappa shape index (κ3) is 2.03. The van der Waals surface area contributed by atoms with Crippen LogP contribution in [0.2, 0.25) is 5.02 Å². The first kappa shape index (κ1) is 8.67. The molecule has 64 valence electrons. The lowest BCUT2D eigenvalue weighted by molar-refractivity contribution is 0.210. The SMILES string of the molecule is Nc1ccc(NC(=O)O)cc1Cl. The van der Waals surface area contributed by atoms with Crippen molar-refractivity contribution in [2.24, 2.45) is 0 Å². The highest BCUT2D eigenvalue weighted by Gasteiger charge is 2.00. The quantitative estimate of drug-likeness (QED) is 0.588. The van der Waals surface area contributed by atoms with Crippen molar-refractivity contribution in [3.8, 4) is 0 Å². The van der Waals surface area contributed by atoms with Crippen LogP contribution in [0.3, 0.4) is 0 Å². The van der Waals surface area contributed by atoms with Crippen LogP contribution in [-0.2, 0) is 0 Å². The first-order valence-electron chi connectivity index (χ1n) is 3.14. The number of anilines is 2. The minimum absolute atomic E-state index is 0.334. The van der Waals surface area contributed by atoms with Crippen molar-refractivity contribution < 1.29 is 9.90 Å². The van der Waals surface area contributed by atoms with E-state index < -0.39 is 6.09 Å². The van der Waals surface area contributed by atoms with Gasteiger partial charge in [-0.2, -0.15) is 0 Å². The fourth-order valence-corrected chi connectivity index (χ4v) is 0.909. The van der Waals surface area contributed by atoms with Crippen LogP contribution in [0.15, 0.2) is 18.2 Å². The summed E-state index contributed by atoms with van der Waals surface area (Å²) in [6, 6.07) is 4.52. The van der Waals surface area contributed by atoms with E-state index in [4.69, 9.17) is 22.4 Å². The standard InChI is InChI=1S/C7H7ClN2O2/c8-5-3-4(10-7(11)12)1-2-6(5)9/h1-3,10H,9H2,(H,11,12). The monoisotopic (exact) mass is 186 g/mol. The van der Waals surface area contributed by atoms with Crippen molar-refractivity contribution in [2.45, 2.75) is 0 Å². The third-order valence-electron chi connectivity index (χ3n) is 1.25. The van der Waals surface area contributed by atoms with Crippen molar-refractivity contribution in [1.82, 2.24) is 0 Å². The van der Waals surface area contributed by atoms with Crippen LogP contribution in [0.1, 0.15) is 0 Å². The molecule has 12 heavy (non-hydrogen) atoms. The average molecular weight is 187 g/mol. The van der Waals surface area contributed by atoms with E-state index in [9.17, 15) is 4.79 Å². The van der Waals surface area contributed by atoms with Crippen LogP contribution < -0.4 is 11.1 Å². The molecule has 0 saturated carbocycles. The van der Waals surface area contributed by atoms with Crippen LogP contribution in [0.4, 0.5) is 16.2 Å². The van der Waals surface area contributed by atoms with Gasteiger partial charge in [0.2, 0.25) is 0 Å². The van der Waals surface area contributed by atoms with Crippen molar-refractivity contribution in [1.29, 1.82) is 0 Å². The summed E-state index contributed by atoms with van der Waals surface area (Å²) in [5.74, 6) is 0. The zero-order chi connectivity index (χ0) is 9.14. The van der Waals surface area contributed by atoms with Gasteiger partial charge < -0.3 is 10.8 Å². The summed E-state index contributed by atoms with van der Waals surface area (Å²) in [5.41, 5.74) is 6.24. The molecule has 0 fully saturated rings. The number of nitrogens with one attached hydrogen (secondary N) is 1. The molecule has 4 nitrogen and oxygen atoms in total. The predicted octanol–water partition coefficient (Wildman–Crippen LogP) is 2.01. The fraction of sp³-hybridized carbons (Fsp3) is 0. The van der Waals surface area contributed by atoms with Gasteiger partial charge in [0.1, 0.15) is 0 Å². The Bertz CT molecular complexity index is 314. The number of benzene rings is 1. The lowest BCUT2D eigenvalue weighted by Crippen LogP contribution is -2.07. The fourth-order valence-electron chi connectivity index (χ4n) is 0.728. The summed E-state index contributed by atoms with van der Waals surface area (Å²) in [6.07, 6.45) is -1.13. The second-order valence-electron chi connectivity index (χ2n) is 2.17. The van der Waals surface area contributed by atoms with E-state index in [1.165, 1.54) is 18.2 Å². The molecular weight excluding hydrogens is 180 g/mol. The van der Waals surface area contributed by atoms with E-state index in [2.05, 4.69) is 5.32 Å². The summed E-state index contributed by atoms with van der Waals surface area (Å²) in [5, 5.41) is 10.8. The highest BCUT2D eigenvalue weighted by atomic mass is 35.5. The van der Waals surface area contributed by atoms with Crippen LogP contribution >= 0.6 is 11.6 Å². The van der Waals surface area contributed by atoms with Gasteiger partial charge in [0.25, 0.3) is 0 Å². The molecular formula is C7H7ClN2O2. The molecule has 0 heterocycles. The average Bonchev–Trinajstić information content (AvgIpc) is 1.96. The zero-order valence-corrected chi connectivity index (χ0v) is 6.80. The molecule has 0 aliphatic carbocycles. The number of carbonyl (C=O) groups is 1. The Labute approximate surface area is 73.9 Å². The molecule has 0 atom stereocenters. The molecule has 4 N–H and O–H groups in total. The van der Waals surface area contributed by atoms with E-state index in [-0.39, 0.29) is 0 Å². The largest absolute Gasteiger partial charge is 0.465 e. The van der Waals surface area contributed by atoms with E-state index in [1.807, 2.05) is 0 Å². The Hall–Kier alpha value is -1.42. The maximum Gasteiger partial charge on any atom is 0.409 e. The molecule has 0 aliphatic rings. The van der Waals surface area contributed by atoms with Crippen LogP contribution in [0, 0.1) is 0 Å². The highest BCUT2D eigenvalue weighted by Crippen LogP contribution is 2.22. The van der Waals surface area contributed by atoms with Gasteiger partial charge >= 0.3 is 6.09 Å². The first-order valence-corrected chi connectivity index (χ1v) is 3.52. The number of carboxylic acid groups (broad SMARTS) is 1. The second kappa shape index (κ2) is 3.32. The Kier molecular flexibility index (Phi) is 2.40. The zero-order valence-electron chi connectivity index (χ0n) is 6.04. The van der Waals surface area contributed by atoms with Crippen molar-refractivity contribution >= 4 is 29.1 Å². The normalized spacial score (nSPS) is 9.42. The van der Waals surface area contributed by atoms with Crippen LogP contribution in [-0.4, -0.2) is 11.2 Å². The van der Waals surface area contributed by atoms with E-state index >= 15 is 0 Å². The van der Waals surface area contributed by atoms with Gasteiger partial charge in [0.05, 0.1) is 10.7 Å². The smallest absolute Gasteiger partial charge is 0.409 e. The maximum atomic E-state index is 10.2. The predicted molar refractivity (Wildman–Crippen MR) is 47.5 cm³/mol. The number of rotatable bonds is 1. The molecule has 1 aromatic carbocycles. The van der Waals surface area contributed by atoms with E-state index in [0.29, 0.717) is 16.4 Å².